The van der Waals surface area contributed by atoms with Crippen molar-refractivity contribution in [1.82, 2.24) is 5.32 Å². The first-order valence-electron chi connectivity index (χ1n) is 9.16. The highest BCUT2D eigenvalue weighted by Gasteiger charge is 2.53. The van der Waals surface area contributed by atoms with Crippen LogP contribution >= 0.6 is 0 Å². The molecule has 0 spiro atoms. The van der Waals surface area contributed by atoms with Crippen molar-refractivity contribution in [2.24, 2.45) is 17.3 Å². The van der Waals surface area contributed by atoms with Crippen molar-refractivity contribution in [2.45, 2.75) is 71.3 Å². The quantitative estimate of drug-likeness (QED) is 0.548. The average molecular weight is 297 g/mol. The molecule has 2 fully saturated rings. The van der Waals surface area contributed by atoms with Gasteiger partial charge in [0.25, 0.3) is 0 Å². The molecular weight excluding hydrogens is 262 g/mol. The summed E-state index contributed by atoms with van der Waals surface area (Å²) in [6, 6.07) is 0. The number of aliphatic hydroxyl groups is 1. The van der Waals surface area contributed by atoms with Gasteiger partial charge in [0, 0.05) is 19.7 Å². The van der Waals surface area contributed by atoms with E-state index in [1.807, 2.05) is 0 Å². The van der Waals surface area contributed by atoms with Gasteiger partial charge in [0.15, 0.2) is 0 Å². The maximum atomic E-state index is 9.99. The molecule has 21 heavy (non-hydrogen) atoms. The number of hydrogen-bond acceptors (Lipinski definition) is 3. The molecule has 3 nitrogen and oxygen atoms in total. The van der Waals surface area contributed by atoms with Crippen LogP contribution in [0.3, 0.4) is 0 Å². The molecule has 2 atom stereocenters. The predicted molar refractivity (Wildman–Crippen MR) is 87.4 cm³/mol. The summed E-state index contributed by atoms with van der Waals surface area (Å²) in [6.07, 6.45) is 10.3. The largest absolute Gasteiger partial charge is 0.389 e. The molecule has 2 unspecified atom stereocenters. The third kappa shape index (κ3) is 5.88. The number of nitrogens with one attached hydrogen (secondary N) is 1. The Bertz CT molecular complexity index is 287. The summed E-state index contributed by atoms with van der Waals surface area (Å²) in [5.74, 6) is 1.65. The lowest BCUT2D eigenvalue weighted by Crippen LogP contribution is -2.35. The van der Waals surface area contributed by atoms with Crippen LogP contribution in [0.4, 0.5) is 0 Å². The molecule has 0 aromatic heterocycles. The third-order valence-electron chi connectivity index (χ3n) is 5.40. The molecule has 2 saturated carbocycles. The zero-order chi connectivity index (χ0) is 15.1. The van der Waals surface area contributed by atoms with Crippen molar-refractivity contribution in [2.75, 3.05) is 26.3 Å². The van der Waals surface area contributed by atoms with Crippen LogP contribution in [-0.4, -0.2) is 37.5 Å². The van der Waals surface area contributed by atoms with Crippen molar-refractivity contribution < 1.29 is 9.84 Å². The fraction of sp³-hybridized carbons (Fsp3) is 1.00. The molecule has 0 aliphatic heterocycles. The van der Waals surface area contributed by atoms with Gasteiger partial charge in [-0.05, 0) is 49.4 Å². The van der Waals surface area contributed by atoms with E-state index < -0.39 is 0 Å². The van der Waals surface area contributed by atoms with Crippen molar-refractivity contribution in [1.29, 1.82) is 0 Å². The Morgan fingerprint density at radius 3 is 2.57 bits per heavy atom. The van der Waals surface area contributed by atoms with Crippen LogP contribution in [0.5, 0.6) is 0 Å². The van der Waals surface area contributed by atoms with Crippen molar-refractivity contribution in [3.63, 3.8) is 0 Å². The number of aliphatic hydroxyl groups excluding tert-OH is 1. The molecule has 0 heterocycles. The smallest absolute Gasteiger partial charge is 0.0897 e. The topological polar surface area (TPSA) is 41.5 Å². The molecular formula is C18H35NO2. The third-order valence-corrected chi connectivity index (χ3v) is 5.40. The van der Waals surface area contributed by atoms with Crippen LogP contribution in [-0.2, 0) is 4.74 Å². The molecule has 3 heteroatoms. The second-order valence-corrected chi connectivity index (χ2v) is 7.38. The monoisotopic (exact) mass is 297 g/mol. The van der Waals surface area contributed by atoms with Crippen LogP contribution in [0.1, 0.15) is 65.2 Å². The van der Waals surface area contributed by atoms with Crippen LogP contribution < -0.4 is 5.32 Å². The Hall–Kier alpha value is -0.120. The first kappa shape index (κ1) is 17.2. The van der Waals surface area contributed by atoms with Crippen LogP contribution in [0, 0.1) is 17.3 Å². The first-order valence-corrected chi connectivity index (χ1v) is 9.16. The standard InChI is InChI=1S/C18H35NO2/c1-3-5-6-15(4-2)12-21-13-17(20)11-19-14-18(9-10-18)16-7-8-16/h15-17,19-20H,3-14H2,1-2H3. The lowest BCUT2D eigenvalue weighted by Gasteiger charge is -2.19. The Labute approximate surface area is 130 Å². The second kappa shape index (κ2) is 8.50. The molecule has 124 valence electrons. The summed E-state index contributed by atoms with van der Waals surface area (Å²) in [6.45, 7) is 7.53. The fourth-order valence-electron chi connectivity index (χ4n) is 3.40. The van der Waals surface area contributed by atoms with Gasteiger partial charge in [0.1, 0.15) is 0 Å². The highest BCUT2D eigenvalue weighted by molar-refractivity contribution is 5.05. The van der Waals surface area contributed by atoms with Gasteiger partial charge in [0.2, 0.25) is 0 Å². The minimum Gasteiger partial charge on any atom is -0.389 e. The molecule has 2 aliphatic rings. The van der Waals surface area contributed by atoms with E-state index >= 15 is 0 Å². The molecule has 0 amide bonds. The number of hydrogen-bond donors (Lipinski definition) is 2. The molecule has 0 radical (unpaired) electrons. The second-order valence-electron chi connectivity index (χ2n) is 7.38. The molecule has 0 aromatic carbocycles. The predicted octanol–water partition coefficient (Wildman–Crippen LogP) is 3.36. The highest BCUT2D eigenvalue weighted by atomic mass is 16.5. The summed E-state index contributed by atoms with van der Waals surface area (Å²) in [7, 11) is 0. The van der Waals surface area contributed by atoms with E-state index in [9.17, 15) is 5.11 Å². The van der Waals surface area contributed by atoms with Gasteiger partial charge in [-0.25, -0.2) is 0 Å². The Balaban J connectivity index is 1.48. The Kier molecular flexibility index (Phi) is 6.97. The van der Waals surface area contributed by atoms with Gasteiger partial charge >= 0.3 is 0 Å². The highest BCUT2D eigenvalue weighted by Crippen LogP contribution is 2.60. The zero-order valence-corrected chi connectivity index (χ0v) is 14.1. The minimum absolute atomic E-state index is 0.358. The average Bonchev–Trinajstić information content (AvgIpc) is 3.35. The van der Waals surface area contributed by atoms with Crippen LogP contribution in [0.2, 0.25) is 0 Å². The Morgan fingerprint density at radius 1 is 1.24 bits per heavy atom. The lowest BCUT2D eigenvalue weighted by molar-refractivity contribution is 0.0188. The normalized spacial score (nSPS) is 23.0. The summed E-state index contributed by atoms with van der Waals surface area (Å²) >= 11 is 0. The van der Waals surface area contributed by atoms with E-state index in [1.165, 1.54) is 51.4 Å². The van der Waals surface area contributed by atoms with Gasteiger partial charge in [-0.1, -0.05) is 33.1 Å². The van der Waals surface area contributed by atoms with Gasteiger partial charge in [-0.15, -0.1) is 0 Å². The maximum Gasteiger partial charge on any atom is 0.0897 e. The van der Waals surface area contributed by atoms with Crippen molar-refractivity contribution in [3.8, 4) is 0 Å². The van der Waals surface area contributed by atoms with E-state index in [4.69, 9.17) is 4.74 Å². The summed E-state index contributed by atoms with van der Waals surface area (Å²) in [5, 5.41) is 13.5. The van der Waals surface area contributed by atoms with E-state index in [2.05, 4.69) is 19.2 Å². The summed E-state index contributed by atoms with van der Waals surface area (Å²) in [4.78, 5) is 0. The molecule has 0 bridgehead atoms. The summed E-state index contributed by atoms with van der Waals surface area (Å²) < 4.78 is 5.71. The Morgan fingerprint density at radius 2 is 2.00 bits per heavy atom. The number of ether oxygens (including phenoxy) is 1. The van der Waals surface area contributed by atoms with E-state index in [0.29, 0.717) is 24.5 Å². The van der Waals surface area contributed by atoms with E-state index in [0.717, 1.165) is 19.1 Å². The number of rotatable bonds is 13. The van der Waals surface area contributed by atoms with E-state index in [1.54, 1.807) is 0 Å². The van der Waals surface area contributed by atoms with Gasteiger partial charge < -0.3 is 15.2 Å². The lowest BCUT2D eigenvalue weighted by atomic mass is 10.0. The maximum absolute atomic E-state index is 9.99. The number of unbranched alkanes of at least 4 members (excludes halogenated alkanes) is 1. The first-order chi connectivity index (χ1) is 10.2. The van der Waals surface area contributed by atoms with E-state index in [-0.39, 0.29) is 6.10 Å². The molecule has 2 N–H and O–H groups in total. The zero-order valence-electron chi connectivity index (χ0n) is 14.1. The van der Waals surface area contributed by atoms with Crippen molar-refractivity contribution >= 4 is 0 Å². The van der Waals surface area contributed by atoms with Crippen LogP contribution in [0.25, 0.3) is 0 Å². The molecule has 0 saturated heterocycles. The van der Waals surface area contributed by atoms with Crippen LogP contribution in [0.15, 0.2) is 0 Å². The molecule has 2 rings (SSSR count). The molecule has 0 aromatic rings. The minimum atomic E-state index is -0.358. The fourth-order valence-corrected chi connectivity index (χ4v) is 3.40. The van der Waals surface area contributed by atoms with Gasteiger partial charge in [0.05, 0.1) is 12.7 Å². The SMILES string of the molecule is CCCCC(CC)COCC(O)CNCC1(C2CC2)CC1. The van der Waals surface area contributed by atoms with Crippen molar-refractivity contribution in [3.05, 3.63) is 0 Å². The van der Waals surface area contributed by atoms with Gasteiger partial charge in [-0.2, -0.15) is 0 Å². The molecule has 2 aliphatic carbocycles. The summed E-state index contributed by atoms with van der Waals surface area (Å²) in [5.41, 5.74) is 0.619. The van der Waals surface area contributed by atoms with Gasteiger partial charge in [-0.3, -0.25) is 0 Å².